The van der Waals surface area contributed by atoms with Crippen LogP contribution in [0.4, 0.5) is 5.69 Å². The fraction of sp³-hybridized carbons (Fsp3) is 0. The molecule has 2 heterocycles. The lowest BCUT2D eigenvalue weighted by Crippen LogP contribution is -1.95. The molecular formula is C6H3ClN4O2. The summed E-state index contributed by atoms with van der Waals surface area (Å²) in [6.07, 6.45) is 1.22. The molecule has 13 heavy (non-hydrogen) atoms. The SMILES string of the molecule is O=[N+]([O-])c1ccc(Cl)n2ncnc12. The number of hydrogen-bond donors (Lipinski definition) is 0. The average Bonchev–Trinajstić information content (AvgIpc) is 2.53. The van der Waals surface area contributed by atoms with Crippen molar-refractivity contribution in [2.24, 2.45) is 0 Å². The van der Waals surface area contributed by atoms with Crippen LogP contribution in [0.15, 0.2) is 18.5 Å². The number of pyridine rings is 1. The van der Waals surface area contributed by atoms with Crippen molar-refractivity contribution in [3.8, 4) is 0 Å². The largest absolute Gasteiger partial charge is 0.313 e. The van der Waals surface area contributed by atoms with Crippen molar-refractivity contribution in [3.63, 3.8) is 0 Å². The molecule has 0 spiro atoms. The van der Waals surface area contributed by atoms with Gasteiger partial charge in [0.25, 0.3) is 0 Å². The normalized spacial score (nSPS) is 10.5. The van der Waals surface area contributed by atoms with E-state index in [9.17, 15) is 10.1 Å². The number of halogens is 1. The van der Waals surface area contributed by atoms with E-state index < -0.39 is 4.92 Å². The lowest BCUT2D eigenvalue weighted by atomic mass is 10.4. The van der Waals surface area contributed by atoms with E-state index in [1.54, 1.807) is 0 Å². The maximum absolute atomic E-state index is 10.5. The summed E-state index contributed by atoms with van der Waals surface area (Å²) in [6.45, 7) is 0. The summed E-state index contributed by atoms with van der Waals surface area (Å²) in [5.74, 6) is 0. The fourth-order valence-corrected chi connectivity index (χ4v) is 1.19. The molecule has 0 radical (unpaired) electrons. The van der Waals surface area contributed by atoms with Gasteiger partial charge in [-0.2, -0.15) is 9.61 Å². The van der Waals surface area contributed by atoms with Crippen LogP contribution in [0.2, 0.25) is 5.15 Å². The first kappa shape index (κ1) is 7.93. The Morgan fingerprint density at radius 1 is 1.54 bits per heavy atom. The molecule has 6 nitrogen and oxygen atoms in total. The van der Waals surface area contributed by atoms with E-state index in [1.165, 1.54) is 23.0 Å². The van der Waals surface area contributed by atoms with Crippen LogP contribution in [0, 0.1) is 10.1 Å². The van der Waals surface area contributed by atoms with Crippen molar-refractivity contribution in [1.82, 2.24) is 14.6 Å². The molecule has 0 aliphatic heterocycles. The van der Waals surface area contributed by atoms with E-state index in [-0.39, 0.29) is 16.5 Å². The first-order chi connectivity index (χ1) is 6.20. The highest BCUT2D eigenvalue weighted by Gasteiger charge is 2.15. The molecule has 66 valence electrons. The van der Waals surface area contributed by atoms with Crippen LogP contribution in [0.25, 0.3) is 5.65 Å². The maximum atomic E-state index is 10.5. The summed E-state index contributed by atoms with van der Waals surface area (Å²) >= 11 is 5.71. The molecule has 0 amide bonds. The molecule has 0 aliphatic carbocycles. The minimum Gasteiger partial charge on any atom is -0.258 e. The topological polar surface area (TPSA) is 73.3 Å². The predicted molar refractivity (Wildman–Crippen MR) is 44.7 cm³/mol. The number of rotatable bonds is 1. The molecule has 0 aromatic carbocycles. The molecule has 2 aromatic heterocycles. The minimum absolute atomic E-state index is 0.109. The second-order valence-corrected chi connectivity index (χ2v) is 2.68. The molecule has 0 N–H and O–H groups in total. The van der Waals surface area contributed by atoms with Gasteiger partial charge < -0.3 is 0 Å². The Kier molecular flexibility index (Phi) is 1.63. The quantitative estimate of drug-likeness (QED) is 0.393. The number of nitro groups is 1. The molecule has 7 heteroatoms. The minimum atomic E-state index is -0.527. The maximum Gasteiger partial charge on any atom is 0.313 e. The van der Waals surface area contributed by atoms with Crippen molar-refractivity contribution >= 4 is 22.9 Å². The van der Waals surface area contributed by atoms with Crippen LogP contribution in [0.3, 0.4) is 0 Å². The van der Waals surface area contributed by atoms with Gasteiger partial charge in [-0.3, -0.25) is 10.1 Å². The zero-order valence-corrected chi connectivity index (χ0v) is 6.97. The summed E-state index contributed by atoms with van der Waals surface area (Å²) in [7, 11) is 0. The van der Waals surface area contributed by atoms with Crippen LogP contribution in [-0.2, 0) is 0 Å². The second kappa shape index (κ2) is 2.67. The van der Waals surface area contributed by atoms with Crippen LogP contribution in [-0.4, -0.2) is 19.5 Å². The monoisotopic (exact) mass is 198 g/mol. The third-order valence-corrected chi connectivity index (χ3v) is 1.84. The first-order valence-electron chi connectivity index (χ1n) is 3.33. The van der Waals surface area contributed by atoms with E-state index in [0.717, 1.165) is 0 Å². The molecule has 0 saturated carbocycles. The molecule has 0 atom stereocenters. The van der Waals surface area contributed by atoms with Gasteiger partial charge in [-0.1, -0.05) is 11.6 Å². The van der Waals surface area contributed by atoms with Gasteiger partial charge >= 0.3 is 5.69 Å². The van der Waals surface area contributed by atoms with Crippen LogP contribution in [0.1, 0.15) is 0 Å². The van der Waals surface area contributed by atoms with Crippen molar-refractivity contribution in [2.45, 2.75) is 0 Å². The number of hydrogen-bond acceptors (Lipinski definition) is 4. The Morgan fingerprint density at radius 3 is 3.00 bits per heavy atom. The van der Waals surface area contributed by atoms with Crippen molar-refractivity contribution in [3.05, 3.63) is 33.7 Å². The molecule has 2 rings (SSSR count). The fourth-order valence-electron chi connectivity index (χ4n) is 1.01. The van der Waals surface area contributed by atoms with Gasteiger partial charge in [0.1, 0.15) is 11.5 Å². The Morgan fingerprint density at radius 2 is 2.31 bits per heavy atom. The molecule has 0 bridgehead atoms. The van der Waals surface area contributed by atoms with Crippen LogP contribution < -0.4 is 0 Å². The van der Waals surface area contributed by atoms with Gasteiger partial charge in [0.2, 0.25) is 5.65 Å². The Labute approximate surface area is 76.9 Å². The summed E-state index contributed by atoms with van der Waals surface area (Å²) in [5, 5.41) is 14.5. The summed E-state index contributed by atoms with van der Waals surface area (Å²) in [6, 6.07) is 2.70. The van der Waals surface area contributed by atoms with Gasteiger partial charge in [-0.15, -0.1) is 0 Å². The van der Waals surface area contributed by atoms with E-state index >= 15 is 0 Å². The van der Waals surface area contributed by atoms with E-state index in [0.29, 0.717) is 0 Å². The van der Waals surface area contributed by atoms with Crippen molar-refractivity contribution in [1.29, 1.82) is 0 Å². The first-order valence-corrected chi connectivity index (χ1v) is 3.70. The molecule has 0 unspecified atom stereocenters. The van der Waals surface area contributed by atoms with Crippen LogP contribution >= 0.6 is 11.6 Å². The Hall–Kier alpha value is -1.69. The van der Waals surface area contributed by atoms with Crippen molar-refractivity contribution in [2.75, 3.05) is 0 Å². The standard InChI is InChI=1S/C6H3ClN4O2/c7-5-2-1-4(11(12)13)6-8-3-9-10(5)6/h1-3H. The lowest BCUT2D eigenvalue weighted by molar-refractivity contribution is -0.383. The highest BCUT2D eigenvalue weighted by molar-refractivity contribution is 6.29. The highest BCUT2D eigenvalue weighted by Crippen LogP contribution is 2.20. The van der Waals surface area contributed by atoms with E-state index in [2.05, 4.69) is 10.1 Å². The van der Waals surface area contributed by atoms with Gasteiger partial charge in [0.15, 0.2) is 0 Å². The molecule has 2 aromatic rings. The summed E-state index contributed by atoms with van der Waals surface area (Å²) < 4.78 is 1.21. The third-order valence-electron chi connectivity index (χ3n) is 1.55. The Bertz CT molecular complexity index is 480. The lowest BCUT2D eigenvalue weighted by Gasteiger charge is -1.95. The highest BCUT2D eigenvalue weighted by atomic mass is 35.5. The smallest absolute Gasteiger partial charge is 0.258 e. The molecule has 0 aliphatic rings. The average molecular weight is 199 g/mol. The zero-order valence-electron chi connectivity index (χ0n) is 6.22. The molecular weight excluding hydrogens is 196 g/mol. The number of nitrogens with zero attached hydrogens (tertiary/aromatic N) is 4. The van der Waals surface area contributed by atoms with Crippen LogP contribution in [0.5, 0.6) is 0 Å². The van der Waals surface area contributed by atoms with Crippen molar-refractivity contribution < 1.29 is 4.92 Å². The van der Waals surface area contributed by atoms with E-state index in [1.807, 2.05) is 0 Å². The van der Waals surface area contributed by atoms with Gasteiger partial charge in [0.05, 0.1) is 4.92 Å². The molecule has 0 saturated heterocycles. The number of aromatic nitrogens is 3. The Balaban J connectivity index is 2.86. The predicted octanol–water partition coefficient (Wildman–Crippen LogP) is 1.29. The molecule has 0 fully saturated rings. The zero-order chi connectivity index (χ0) is 9.42. The summed E-state index contributed by atoms with van der Waals surface area (Å²) in [4.78, 5) is 13.7. The summed E-state index contributed by atoms with van der Waals surface area (Å²) in [5.41, 5.74) is 0.0411. The third kappa shape index (κ3) is 1.11. The number of fused-ring (bicyclic) bond motifs is 1. The van der Waals surface area contributed by atoms with Gasteiger partial charge in [-0.25, -0.2) is 4.98 Å². The second-order valence-electron chi connectivity index (χ2n) is 2.29. The van der Waals surface area contributed by atoms with Gasteiger partial charge in [-0.05, 0) is 6.07 Å². The van der Waals surface area contributed by atoms with E-state index in [4.69, 9.17) is 11.6 Å². The van der Waals surface area contributed by atoms with Gasteiger partial charge in [0, 0.05) is 6.07 Å².